The van der Waals surface area contributed by atoms with Crippen LogP contribution in [-0.4, -0.2) is 52.9 Å². The topological polar surface area (TPSA) is 57.2 Å². The van der Waals surface area contributed by atoms with Crippen LogP contribution in [0.5, 0.6) is 17.2 Å². The zero-order chi connectivity index (χ0) is 21.0. The van der Waals surface area contributed by atoms with E-state index in [0.29, 0.717) is 23.9 Å². The van der Waals surface area contributed by atoms with Crippen LogP contribution in [0.4, 0.5) is 0 Å². The zero-order valence-corrected chi connectivity index (χ0v) is 19.8. The number of likely N-dealkylation sites (N-methyl/N-ethyl adjacent to an activating group) is 1. The van der Waals surface area contributed by atoms with Gasteiger partial charge in [-0.1, -0.05) is 0 Å². The minimum Gasteiger partial charge on any atom is -0.493 e. The van der Waals surface area contributed by atoms with Crippen LogP contribution in [0, 0.1) is 0 Å². The van der Waals surface area contributed by atoms with Crippen LogP contribution in [-0.2, 0) is 27.9 Å². The van der Waals surface area contributed by atoms with Crippen LogP contribution in [0.2, 0.25) is 0 Å². The van der Waals surface area contributed by atoms with E-state index in [4.69, 9.17) is 18.9 Å². The largest absolute Gasteiger partial charge is 0.493 e. The van der Waals surface area contributed by atoms with Gasteiger partial charge in [0.15, 0.2) is 11.5 Å². The van der Waals surface area contributed by atoms with Crippen molar-refractivity contribution < 1.29 is 23.7 Å². The lowest BCUT2D eigenvalue weighted by Crippen LogP contribution is -2.47. The number of methoxy groups -OCH3 is 3. The molecule has 0 aliphatic heterocycles. The zero-order valence-electron chi connectivity index (χ0n) is 18.1. The van der Waals surface area contributed by atoms with Gasteiger partial charge < -0.3 is 18.9 Å². The minimum absolute atomic E-state index is 0. The van der Waals surface area contributed by atoms with Crippen LogP contribution in [0.15, 0.2) is 23.6 Å². The Morgan fingerprint density at radius 1 is 1.13 bits per heavy atom. The molecule has 1 aromatic heterocycles. The lowest BCUT2D eigenvalue weighted by atomic mass is 9.80. The number of carbonyl (C=O) groups is 1. The normalized spacial score (nSPS) is 17.7. The molecule has 30 heavy (non-hydrogen) atoms. The molecule has 1 aliphatic rings. The number of aryl methyl sites for hydroxylation is 1. The third-order valence-corrected chi connectivity index (χ3v) is 6.62. The molecule has 0 N–H and O–H groups in total. The van der Waals surface area contributed by atoms with Gasteiger partial charge in [-0.2, -0.15) is 0 Å². The average Bonchev–Trinajstić information content (AvgIpc) is 3.21. The monoisotopic (exact) mass is 455 g/mol. The second-order valence-corrected chi connectivity index (χ2v) is 8.41. The van der Waals surface area contributed by atoms with E-state index in [1.807, 2.05) is 0 Å². The Morgan fingerprint density at radius 2 is 1.80 bits per heavy atom. The summed E-state index contributed by atoms with van der Waals surface area (Å²) in [4.78, 5) is 16.3. The smallest absolute Gasteiger partial charge is 0.310 e. The summed E-state index contributed by atoms with van der Waals surface area (Å²) >= 11 is 1.79. The number of hydrogen-bond donors (Lipinski definition) is 0. The fraction of sp³-hybridized carbons (Fsp3) is 0.500. The van der Waals surface area contributed by atoms with Gasteiger partial charge in [-0.3, -0.25) is 9.69 Å². The maximum absolute atomic E-state index is 12.7. The first-order valence-corrected chi connectivity index (χ1v) is 10.5. The highest BCUT2D eigenvalue weighted by Gasteiger charge is 2.40. The number of carbonyl (C=O) groups excluding carboxylic acids is 1. The number of nitrogens with zero attached hydrogens (tertiary/aromatic N) is 1. The van der Waals surface area contributed by atoms with Crippen LogP contribution in [0.25, 0.3) is 0 Å². The molecule has 1 aromatic carbocycles. The fourth-order valence-corrected chi connectivity index (χ4v) is 5.04. The summed E-state index contributed by atoms with van der Waals surface area (Å²) < 4.78 is 21.9. The third-order valence-electron chi connectivity index (χ3n) is 5.64. The second kappa shape index (κ2) is 10.4. The van der Waals surface area contributed by atoms with E-state index >= 15 is 0 Å². The van der Waals surface area contributed by atoms with Gasteiger partial charge in [0.2, 0.25) is 5.75 Å². The predicted octanol–water partition coefficient (Wildman–Crippen LogP) is 4.07. The van der Waals surface area contributed by atoms with Crippen LogP contribution in [0.3, 0.4) is 0 Å². The molecule has 1 aliphatic carbocycles. The van der Waals surface area contributed by atoms with Crippen molar-refractivity contribution in [1.29, 1.82) is 0 Å². The molecule has 0 spiro atoms. The Morgan fingerprint density at radius 3 is 2.37 bits per heavy atom. The van der Waals surface area contributed by atoms with E-state index in [1.165, 1.54) is 10.4 Å². The summed E-state index contributed by atoms with van der Waals surface area (Å²) in [6.45, 7) is 0.340. The molecule has 0 fully saturated rings. The van der Waals surface area contributed by atoms with Crippen LogP contribution >= 0.6 is 23.7 Å². The molecule has 1 atom stereocenters. The first-order valence-electron chi connectivity index (χ1n) is 9.64. The molecule has 2 aromatic rings. The molecule has 3 rings (SSSR count). The van der Waals surface area contributed by atoms with Gasteiger partial charge >= 0.3 is 5.97 Å². The van der Waals surface area contributed by atoms with Crippen molar-refractivity contribution in [3.05, 3.63) is 39.6 Å². The number of esters is 1. The molecule has 0 bridgehead atoms. The Bertz CT molecular complexity index is 844. The first kappa shape index (κ1) is 24.3. The van der Waals surface area contributed by atoms with E-state index in [9.17, 15) is 4.79 Å². The number of rotatable bonds is 8. The highest BCUT2D eigenvalue weighted by atomic mass is 35.5. The molecule has 0 saturated heterocycles. The minimum atomic E-state index is -0.275. The second-order valence-electron chi connectivity index (χ2n) is 7.41. The highest BCUT2D eigenvalue weighted by molar-refractivity contribution is 7.10. The van der Waals surface area contributed by atoms with Gasteiger partial charge in [-0.05, 0) is 68.1 Å². The van der Waals surface area contributed by atoms with Gasteiger partial charge in [0, 0.05) is 4.88 Å². The van der Waals surface area contributed by atoms with Gasteiger partial charge in [-0.25, -0.2) is 0 Å². The lowest BCUT2D eigenvalue weighted by Gasteiger charge is -2.42. The maximum atomic E-state index is 12.7. The summed E-state index contributed by atoms with van der Waals surface area (Å²) in [5.74, 6) is 1.28. The Balaban J connectivity index is 0.00000320. The van der Waals surface area contributed by atoms with E-state index in [-0.39, 0.29) is 30.3 Å². The van der Waals surface area contributed by atoms with Crippen molar-refractivity contribution in [3.8, 4) is 17.2 Å². The Kier molecular flexibility index (Phi) is 8.41. The molecule has 6 nitrogen and oxygen atoms in total. The molecule has 8 heteroatoms. The number of fused-ring (bicyclic) bond motifs is 1. The summed E-state index contributed by atoms with van der Waals surface area (Å²) in [6.07, 6.45) is 3.30. The fourth-order valence-electron chi connectivity index (χ4n) is 4.02. The van der Waals surface area contributed by atoms with Gasteiger partial charge in [-0.15, -0.1) is 23.7 Å². The Labute approximate surface area is 188 Å². The predicted molar refractivity (Wildman–Crippen MR) is 121 cm³/mol. The van der Waals surface area contributed by atoms with Gasteiger partial charge in [0.1, 0.15) is 6.61 Å². The highest BCUT2D eigenvalue weighted by Crippen LogP contribution is 2.42. The van der Waals surface area contributed by atoms with E-state index in [0.717, 1.165) is 24.8 Å². The molecule has 166 valence electrons. The SMILES string of the molecule is COc1cc(CC(=O)OCC2(N(C)C)CCCc3sccc32)cc(OC)c1OC.Cl. The van der Waals surface area contributed by atoms with E-state index in [1.54, 1.807) is 44.8 Å². The Hall–Kier alpha value is -1.96. The summed E-state index contributed by atoms with van der Waals surface area (Å²) in [6, 6.07) is 5.73. The number of benzene rings is 1. The average molecular weight is 456 g/mol. The first-order chi connectivity index (χ1) is 13.9. The molecule has 1 unspecified atom stereocenters. The van der Waals surface area contributed by atoms with Crippen molar-refractivity contribution in [2.45, 2.75) is 31.2 Å². The third kappa shape index (κ3) is 4.68. The quantitative estimate of drug-likeness (QED) is 0.559. The molecule has 0 saturated carbocycles. The summed E-state index contributed by atoms with van der Waals surface area (Å²) in [5.41, 5.74) is 1.78. The van der Waals surface area contributed by atoms with Gasteiger partial charge in [0.05, 0.1) is 33.3 Å². The van der Waals surface area contributed by atoms with Crippen molar-refractivity contribution in [3.63, 3.8) is 0 Å². The number of hydrogen-bond acceptors (Lipinski definition) is 7. The summed E-state index contributed by atoms with van der Waals surface area (Å²) in [5, 5.41) is 2.13. The van der Waals surface area contributed by atoms with Crippen molar-refractivity contribution in [1.82, 2.24) is 4.90 Å². The molecule has 1 heterocycles. The van der Waals surface area contributed by atoms with Crippen molar-refractivity contribution >= 4 is 29.7 Å². The van der Waals surface area contributed by atoms with E-state index in [2.05, 4.69) is 30.4 Å². The van der Waals surface area contributed by atoms with Crippen molar-refractivity contribution in [2.75, 3.05) is 42.0 Å². The lowest BCUT2D eigenvalue weighted by molar-refractivity contribution is -0.147. The molecular formula is C22H30ClNO5S. The maximum Gasteiger partial charge on any atom is 0.310 e. The van der Waals surface area contributed by atoms with Crippen LogP contribution < -0.4 is 14.2 Å². The van der Waals surface area contributed by atoms with Crippen LogP contribution in [0.1, 0.15) is 28.8 Å². The molecular weight excluding hydrogens is 426 g/mol. The standard InChI is InChI=1S/C22H29NO5S.ClH/c1-23(2)22(9-6-7-19-16(22)8-10-29-19)14-28-20(24)13-15-11-17(25-3)21(27-5)18(12-15)26-4;/h8,10-12H,6-7,9,13-14H2,1-5H3;1H. The van der Waals surface area contributed by atoms with Crippen molar-refractivity contribution in [2.24, 2.45) is 0 Å². The molecule has 0 amide bonds. The number of ether oxygens (including phenoxy) is 4. The van der Waals surface area contributed by atoms with Gasteiger partial charge in [0.25, 0.3) is 0 Å². The number of halogens is 1. The summed E-state index contributed by atoms with van der Waals surface area (Å²) in [7, 11) is 8.78. The van der Waals surface area contributed by atoms with E-state index < -0.39 is 0 Å². The molecule has 0 radical (unpaired) electrons. The number of thiophene rings is 1.